The van der Waals surface area contributed by atoms with Crippen LogP contribution in [0.15, 0.2) is 54.6 Å². The Morgan fingerprint density at radius 3 is 2.09 bits per heavy atom. The summed E-state index contributed by atoms with van der Waals surface area (Å²) in [7, 11) is 4.69. The summed E-state index contributed by atoms with van der Waals surface area (Å²) >= 11 is 0. The summed E-state index contributed by atoms with van der Waals surface area (Å²) in [6, 6.07) is 15.8. The highest BCUT2D eigenvalue weighted by Crippen LogP contribution is 2.24. The summed E-state index contributed by atoms with van der Waals surface area (Å²) in [5, 5.41) is 0. The SMILES string of the molecule is COC(=O)c1ccc(O[C@H](C(=O)N(C)C)c2ccccc2)cc1. The van der Waals surface area contributed by atoms with Gasteiger partial charge >= 0.3 is 5.97 Å². The maximum absolute atomic E-state index is 12.4. The van der Waals surface area contributed by atoms with E-state index in [2.05, 4.69) is 4.74 Å². The Bertz CT molecular complexity index is 665. The van der Waals surface area contributed by atoms with Crippen molar-refractivity contribution in [3.8, 4) is 5.75 Å². The van der Waals surface area contributed by atoms with Crippen LogP contribution in [0.4, 0.5) is 0 Å². The molecule has 0 spiro atoms. The highest BCUT2D eigenvalue weighted by molar-refractivity contribution is 5.89. The molecule has 0 aliphatic heterocycles. The van der Waals surface area contributed by atoms with Gasteiger partial charge in [0, 0.05) is 19.7 Å². The molecule has 2 aromatic rings. The molecule has 0 N–H and O–H groups in total. The standard InChI is InChI=1S/C18H19NO4/c1-19(2)17(20)16(13-7-5-4-6-8-13)23-15-11-9-14(10-12-15)18(21)22-3/h4-12,16H,1-3H3/t16-/m0/s1. The van der Waals surface area contributed by atoms with Gasteiger partial charge in [-0.05, 0) is 24.3 Å². The highest BCUT2D eigenvalue weighted by Gasteiger charge is 2.24. The summed E-state index contributed by atoms with van der Waals surface area (Å²) in [6.45, 7) is 0. The zero-order chi connectivity index (χ0) is 16.8. The molecule has 0 heterocycles. The van der Waals surface area contributed by atoms with Gasteiger partial charge < -0.3 is 14.4 Å². The van der Waals surface area contributed by atoms with Gasteiger partial charge in [-0.2, -0.15) is 0 Å². The number of ether oxygens (including phenoxy) is 2. The number of hydrogen-bond donors (Lipinski definition) is 0. The van der Waals surface area contributed by atoms with Gasteiger partial charge in [-0.25, -0.2) is 4.79 Å². The number of rotatable bonds is 5. The Kier molecular flexibility index (Phi) is 5.36. The fourth-order valence-corrected chi connectivity index (χ4v) is 2.05. The van der Waals surface area contributed by atoms with Gasteiger partial charge in [0.05, 0.1) is 12.7 Å². The maximum Gasteiger partial charge on any atom is 0.337 e. The molecule has 120 valence electrons. The van der Waals surface area contributed by atoms with Gasteiger partial charge in [-0.3, -0.25) is 4.79 Å². The molecule has 0 bridgehead atoms. The monoisotopic (exact) mass is 313 g/mol. The third-order valence-electron chi connectivity index (χ3n) is 3.30. The molecule has 2 aromatic carbocycles. The van der Waals surface area contributed by atoms with Crippen LogP contribution in [-0.2, 0) is 9.53 Å². The molecular formula is C18H19NO4. The maximum atomic E-state index is 12.4. The summed E-state index contributed by atoms with van der Waals surface area (Å²) in [5.41, 5.74) is 1.19. The zero-order valence-electron chi connectivity index (χ0n) is 13.4. The van der Waals surface area contributed by atoms with Crippen molar-refractivity contribution in [1.82, 2.24) is 4.90 Å². The minimum absolute atomic E-state index is 0.159. The molecule has 0 saturated heterocycles. The van der Waals surface area contributed by atoms with Gasteiger partial charge in [0.15, 0.2) is 0 Å². The summed E-state index contributed by atoms with van der Waals surface area (Å²) in [5.74, 6) is -0.0736. The molecule has 2 rings (SSSR count). The van der Waals surface area contributed by atoms with E-state index in [1.807, 2.05) is 30.3 Å². The van der Waals surface area contributed by atoms with Crippen LogP contribution in [0, 0.1) is 0 Å². The number of likely N-dealkylation sites (N-methyl/N-ethyl adjacent to an activating group) is 1. The number of methoxy groups -OCH3 is 1. The third kappa shape index (κ3) is 4.10. The van der Waals surface area contributed by atoms with Crippen LogP contribution < -0.4 is 4.74 Å². The Hall–Kier alpha value is -2.82. The van der Waals surface area contributed by atoms with Gasteiger partial charge in [0.1, 0.15) is 5.75 Å². The normalized spacial score (nSPS) is 11.4. The summed E-state index contributed by atoms with van der Waals surface area (Å²) in [4.78, 5) is 25.3. The van der Waals surface area contributed by atoms with Crippen LogP contribution >= 0.6 is 0 Å². The molecule has 0 saturated carbocycles. The number of carbonyl (C=O) groups excluding carboxylic acids is 2. The quantitative estimate of drug-likeness (QED) is 0.796. The number of benzene rings is 2. The van der Waals surface area contributed by atoms with Crippen LogP contribution in [-0.4, -0.2) is 38.0 Å². The highest BCUT2D eigenvalue weighted by atomic mass is 16.5. The first-order valence-electron chi connectivity index (χ1n) is 7.14. The second kappa shape index (κ2) is 7.45. The van der Waals surface area contributed by atoms with Crippen molar-refractivity contribution in [3.63, 3.8) is 0 Å². The number of hydrogen-bond acceptors (Lipinski definition) is 4. The smallest absolute Gasteiger partial charge is 0.337 e. The largest absolute Gasteiger partial charge is 0.476 e. The van der Waals surface area contributed by atoms with E-state index in [1.165, 1.54) is 12.0 Å². The molecule has 1 atom stereocenters. The van der Waals surface area contributed by atoms with Crippen LogP contribution in [0.3, 0.4) is 0 Å². The molecule has 5 heteroatoms. The number of amides is 1. The van der Waals surface area contributed by atoms with Crippen molar-refractivity contribution in [1.29, 1.82) is 0 Å². The van der Waals surface area contributed by atoms with Crippen molar-refractivity contribution < 1.29 is 19.1 Å². The Morgan fingerprint density at radius 1 is 0.957 bits per heavy atom. The topological polar surface area (TPSA) is 55.8 Å². The average molecular weight is 313 g/mol. The Morgan fingerprint density at radius 2 is 1.57 bits per heavy atom. The molecule has 1 amide bonds. The van der Waals surface area contributed by atoms with Crippen molar-refractivity contribution in [2.45, 2.75) is 6.10 Å². The molecule has 5 nitrogen and oxygen atoms in total. The molecule has 0 aliphatic rings. The lowest BCUT2D eigenvalue weighted by molar-refractivity contribution is -0.136. The predicted octanol–water partition coefficient (Wildman–Crippen LogP) is 2.68. The molecule has 0 unspecified atom stereocenters. The third-order valence-corrected chi connectivity index (χ3v) is 3.30. The van der Waals surface area contributed by atoms with Crippen LogP contribution in [0.5, 0.6) is 5.75 Å². The van der Waals surface area contributed by atoms with E-state index >= 15 is 0 Å². The number of carbonyl (C=O) groups is 2. The van der Waals surface area contributed by atoms with Gasteiger partial charge in [-0.1, -0.05) is 30.3 Å². The van der Waals surface area contributed by atoms with Crippen molar-refractivity contribution in [3.05, 3.63) is 65.7 Å². The molecule has 23 heavy (non-hydrogen) atoms. The lowest BCUT2D eigenvalue weighted by Crippen LogP contribution is -2.31. The lowest BCUT2D eigenvalue weighted by Gasteiger charge is -2.22. The minimum Gasteiger partial charge on any atom is -0.476 e. The van der Waals surface area contributed by atoms with E-state index in [0.29, 0.717) is 11.3 Å². The number of esters is 1. The molecule has 0 radical (unpaired) electrons. The first-order chi connectivity index (χ1) is 11.0. The molecular weight excluding hydrogens is 294 g/mol. The summed E-state index contributed by atoms with van der Waals surface area (Å²) in [6.07, 6.45) is -0.741. The van der Waals surface area contributed by atoms with Crippen LogP contribution in [0.2, 0.25) is 0 Å². The van der Waals surface area contributed by atoms with Gasteiger partial charge in [-0.15, -0.1) is 0 Å². The fraction of sp³-hybridized carbons (Fsp3) is 0.222. The Balaban J connectivity index is 2.24. The van der Waals surface area contributed by atoms with Gasteiger partial charge in [0.25, 0.3) is 5.91 Å². The minimum atomic E-state index is -0.741. The first kappa shape index (κ1) is 16.5. The lowest BCUT2D eigenvalue weighted by atomic mass is 10.1. The molecule has 0 aromatic heterocycles. The van der Waals surface area contributed by atoms with E-state index in [-0.39, 0.29) is 5.91 Å². The van der Waals surface area contributed by atoms with E-state index in [1.54, 1.807) is 38.4 Å². The fourth-order valence-electron chi connectivity index (χ4n) is 2.05. The van der Waals surface area contributed by atoms with E-state index in [4.69, 9.17) is 4.74 Å². The van der Waals surface area contributed by atoms with Crippen molar-refractivity contribution in [2.24, 2.45) is 0 Å². The first-order valence-corrected chi connectivity index (χ1v) is 7.14. The van der Waals surface area contributed by atoms with Gasteiger partial charge in [0.2, 0.25) is 6.10 Å². The van der Waals surface area contributed by atoms with Crippen molar-refractivity contribution >= 4 is 11.9 Å². The Labute approximate surface area is 135 Å². The second-order valence-electron chi connectivity index (χ2n) is 5.16. The van der Waals surface area contributed by atoms with E-state index in [9.17, 15) is 9.59 Å². The number of nitrogens with zero attached hydrogens (tertiary/aromatic N) is 1. The van der Waals surface area contributed by atoms with E-state index in [0.717, 1.165) is 5.56 Å². The van der Waals surface area contributed by atoms with Crippen LogP contribution in [0.25, 0.3) is 0 Å². The zero-order valence-corrected chi connectivity index (χ0v) is 13.4. The van der Waals surface area contributed by atoms with Crippen LogP contribution in [0.1, 0.15) is 22.0 Å². The van der Waals surface area contributed by atoms with E-state index < -0.39 is 12.1 Å². The second-order valence-corrected chi connectivity index (χ2v) is 5.16. The predicted molar refractivity (Wildman–Crippen MR) is 86.3 cm³/mol. The average Bonchev–Trinajstić information content (AvgIpc) is 2.59. The van der Waals surface area contributed by atoms with Crippen molar-refractivity contribution in [2.75, 3.05) is 21.2 Å². The molecule has 0 aliphatic carbocycles. The molecule has 0 fully saturated rings. The summed E-state index contributed by atoms with van der Waals surface area (Å²) < 4.78 is 10.5.